The summed E-state index contributed by atoms with van der Waals surface area (Å²) in [6.07, 6.45) is 0.667. The van der Waals surface area contributed by atoms with Gasteiger partial charge >= 0.3 is 0 Å². The molecule has 1 aliphatic heterocycles. The van der Waals surface area contributed by atoms with E-state index in [1.54, 1.807) is 6.92 Å². The van der Waals surface area contributed by atoms with E-state index in [4.69, 9.17) is 4.74 Å². The monoisotopic (exact) mass is 313 g/mol. The molecule has 0 aliphatic carbocycles. The van der Waals surface area contributed by atoms with E-state index in [1.807, 2.05) is 26.0 Å². The molecule has 2 atom stereocenters. The van der Waals surface area contributed by atoms with Gasteiger partial charge in [-0.1, -0.05) is 15.9 Å². The SMILES string of the molecule is CC(O)C(C)(C)NCC1Cc2cc(Br)ccc2O1. The lowest BCUT2D eigenvalue weighted by molar-refractivity contribution is 0.0873. The fraction of sp³-hybridized carbons (Fsp3) is 0.571. The van der Waals surface area contributed by atoms with Gasteiger partial charge in [0.15, 0.2) is 0 Å². The van der Waals surface area contributed by atoms with Crippen molar-refractivity contribution < 1.29 is 9.84 Å². The summed E-state index contributed by atoms with van der Waals surface area (Å²) >= 11 is 3.47. The summed E-state index contributed by atoms with van der Waals surface area (Å²) in [6.45, 7) is 6.53. The number of fused-ring (bicyclic) bond motifs is 1. The van der Waals surface area contributed by atoms with Crippen molar-refractivity contribution in [2.45, 2.75) is 44.9 Å². The Morgan fingerprint density at radius 2 is 2.28 bits per heavy atom. The molecule has 0 fully saturated rings. The van der Waals surface area contributed by atoms with Crippen LogP contribution < -0.4 is 10.1 Å². The van der Waals surface area contributed by atoms with Crippen molar-refractivity contribution >= 4 is 15.9 Å². The van der Waals surface area contributed by atoms with Gasteiger partial charge in [0.2, 0.25) is 0 Å². The smallest absolute Gasteiger partial charge is 0.123 e. The Labute approximate surface area is 117 Å². The first-order chi connectivity index (χ1) is 8.38. The number of nitrogens with one attached hydrogen (secondary N) is 1. The molecule has 0 amide bonds. The third-order valence-corrected chi connectivity index (χ3v) is 4.09. The summed E-state index contributed by atoms with van der Waals surface area (Å²) in [5, 5.41) is 13.0. The van der Waals surface area contributed by atoms with Crippen molar-refractivity contribution in [1.82, 2.24) is 5.32 Å². The van der Waals surface area contributed by atoms with Crippen LogP contribution in [0.25, 0.3) is 0 Å². The molecule has 18 heavy (non-hydrogen) atoms. The van der Waals surface area contributed by atoms with E-state index >= 15 is 0 Å². The van der Waals surface area contributed by atoms with Crippen LogP contribution in [-0.4, -0.2) is 29.4 Å². The van der Waals surface area contributed by atoms with Crippen LogP contribution in [-0.2, 0) is 6.42 Å². The Morgan fingerprint density at radius 3 is 2.94 bits per heavy atom. The first kappa shape index (κ1) is 13.8. The topological polar surface area (TPSA) is 41.5 Å². The quantitative estimate of drug-likeness (QED) is 0.897. The largest absolute Gasteiger partial charge is 0.488 e. The molecule has 2 unspecified atom stereocenters. The van der Waals surface area contributed by atoms with E-state index < -0.39 is 6.10 Å². The number of ether oxygens (including phenoxy) is 1. The standard InChI is InChI=1S/C14H20BrNO2/c1-9(17)14(2,3)16-8-12-7-10-6-11(15)4-5-13(10)18-12/h4-6,9,12,16-17H,7-8H2,1-3H3. The van der Waals surface area contributed by atoms with Crippen molar-refractivity contribution in [3.63, 3.8) is 0 Å². The number of hydrogen-bond acceptors (Lipinski definition) is 3. The van der Waals surface area contributed by atoms with Gasteiger partial charge in [0.05, 0.1) is 6.10 Å². The maximum atomic E-state index is 9.65. The Bertz CT molecular complexity index is 432. The minimum atomic E-state index is -0.393. The summed E-state index contributed by atoms with van der Waals surface area (Å²) in [5.74, 6) is 0.972. The van der Waals surface area contributed by atoms with E-state index in [2.05, 4.69) is 27.3 Å². The highest BCUT2D eigenvalue weighted by atomic mass is 79.9. The van der Waals surface area contributed by atoms with Crippen molar-refractivity contribution in [3.05, 3.63) is 28.2 Å². The van der Waals surface area contributed by atoms with E-state index in [0.29, 0.717) is 0 Å². The van der Waals surface area contributed by atoms with E-state index in [-0.39, 0.29) is 11.6 Å². The Balaban J connectivity index is 1.92. The lowest BCUT2D eigenvalue weighted by atomic mass is 9.98. The Kier molecular flexibility index (Phi) is 3.99. The molecule has 0 saturated carbocycles. The van der Waals surface area contributed by atoms with Gasteiger partial charge in [-0.3, -0.25) is 0 Å². The molecule has 0 bridgehead atoms. The lowest BCUT2D eigenvalue weighted by Gasteiger charge is -2.30. The highest BCUT2D eigenvalue weighted by Gasteiger charge is 2.28. The second-order valence-electron chi connectivity index (χ2n) is 5.47. The minimum Gasteiger partial charge on any atom is -0.488 e. The predicted molar refractivity (Wildman–Crippen MR) is 76.0 cm³/mol. The molecule has 3 nitrogen and oxygen atoms in total. The third-order valence-electron chi connectivity index (χ3n) is 3.59. The van der Waals surface area contributed by atoms with E-state index in [9.17, 15) is 5.11 Å². The van der Waals surface area contributed by atoms with Crippen LogP contribution in [0.4, 0.5) is 0 Å². The van der Waals surface area contributed by atoms with Gasteiger partial charge in [0.1, 0.15) is 11.9 Å². The number of aliphatic hydroxyl groups excluding tert-OH is 1. The van der Waals surface area contributed by atoms with Gasteiger partial charge in [-0.25, -0.2) is 0 Å². The van der Waals surface area contributed by atoms with Crippen LogP contribution in [0.5, 0.6) is 5.75 Å². The second kappa shape index (κ2) is 5.19. The zero-order valence-corrected chi connectivity index (χ0v) is 12.6. The number of rotatable bonds is 4. The Hall–Kier alpha value is -0.580. The number of halogens is 1. The molecule has 4 heteroatoms. The zero-order valence-electron chi connectivity index (χ0n) is 11.0. The van der Waals surface area contributed by atoms with Crippen LogP contribution in [0.1, 0.15) is 26.3 Å². The average Bonchev–Trinajstić information content (AvgIpc) is 2.68. The first-order valence-corrected chi connectivity index (χ1v) is 7.06. The average molecular weight is 314 g/mol. The van der Waals surface area contributed by atoms with Crippen molar-refractivity contribution in [1.29, 1.82) is 0 Å². The molecule has 100 valence electrons. The molecule has 1 aromatic rings. The second-order valence-corrected chi connectivity index (χ2v) is 6.39. The fourth-order valence-corrected chi connectivity index (χ4v) is 2.34. The molecule has 1 heterocycles. The maximum absolute atomic E-state index is 9.65. The third kappa shape index (κ3) is 3.05. The van der Waals surface area contributed by atoms with E-state index in [1.165, 1.54) is 5.56 Å². The van der Waals surface area contributed by atoms with Gasteiger partial charge in [0, 0.05) is 23.0 Å². The number of aliphatic hydroxyl groups is 1. The van der Waals surface area contributed by atoms with Crippen molar-refractivity contribution in [2.24, 2.45) is 0 Å². The molecule has 1 aromatic carbocycles. The molecular weight excluding hydrogens is 294 g/mol. The maximum Gasteiger partial charge on any atom is 0.123 e. The van der Waals surface area contributed by atoms with Gasteiger partial charge in [-0.2, -0.15) is 0 Å². The highest BCUT2D eigenvalue weighted by molar-refractivity contribution is 9.10. The van der Waals surface area contributed by atoms with Crippen molar-refractivity contribution in [3.8, 4) is 5.75 Å². The normalized spacial score (nSPS) is 20.4. The van der Waals surface area contributed by atoms with Crippen molar-refractivity contribution in [2.75, 3.05) is 6.54 Å². The van der Waals surface area contributed by atoms with Crippen LogP contribution in [0.15, 0.2) is 22.7 Å². The predicted octanol–water partition coefficient (Wildman–Crippen LogP) is 2.50. The van der Waals surface area contributed by atoms with Gasteiger partial charge in [-0.05, 0) is 44.5 Å². The van der Waals surface area contributed by atoms with Gasteiger partial charge < -0.3 is 15.2 Å². The molecule has 0 spiro atoms. The summed E-state index contributed by atoms with van der Waals surface area (Å²) < 4.78 is 6.96. The van der Waals surface area contributed by atoms with Gasteiger partial charge in [0.25, 0.3) is 0 Å². The number of hydrogen-bond donors (Lipinski definition) is 2. The van der Waals surface area contributed by atoms with Crippen LogP contribution in [0, 0.1) is 0 Å². The molecular formula is C14H20BrNO2. The van der Waals surface area contributed by atoms with Gasteiger partial charge in [-0.15, -0.1) is 0 Å². The molecule has 0 saturated heterocycles. The molecule has 2 N–H and O–H groups in total. The molecule has 0 aromatic heterocycles. The number of benzene rings is 1. The summed E-state index contributed by atoms with van der Waals surface area (Å²) in [5.41, 5.74) is 0.949. The minimum absolute atomic E-state index is 0.146. The first-order valence-electron chi connectivity index (χ1n) is 6.26. The summed E-state index contributed by atoms with van der Waals surface area (Å²) in [7, 11) is 0. The van der Waals surface area contributed by atoms with Crippen LogP contribution >= 0.6 is 15.9 Å². The fourth-order valence-electron chi connectivity index (χ4n) is 1.93. The highest BCUT2D eigenvalue weighted by Crippen LogP contribution is 2.31. The Morgan fingerprint density at radius 1 is 1.56 bits per heavy atom. The molecule has 2 rings (SSSR count). The summed E-state index contributed by atoms with van der Waals surface area (Å²) in [6, 6.07) is 6.10. The molecule has 0 radical (unpaired) electrons. The van der Waals surface area contributed by atoms with Crippen LogP contribution in [0.2, 0.25) is 0 Å². The van der Waals surface area contributed by atoms with E-state index in [0.717, 1.165) is 23.2 Å². The summed E-state index contributed by atoms with van der Waals surface area (Å²) in [4.78, 5) is 0. The van der Waals surface area contributed by atoms with Crippen LogP contribution in [0.3, 0.4) is 0 Å². The lowest BCUT2D eigenvalue weighted by Crippen LogP contribution is -2.51. The molecule has 1 aliphatic rings. The zero-order chi connectivity index (χ0) is 13.3.